The Morgan fingerprint density at radius 3 is 2.55 bits per heavy atom. The molecule has 22 heavy (non-hydrogen) atoms. The van der Waals surface area contributed by atoms with Gasteiger partial charge in [-0.3, -0.25) is 4.99 Å². The summed E-state index contributed by atoms with van der Waals surface area (Å²) in [4.78, 5) is 4.30. The van der Waals surface area contributed by atoms with Gasteiger partial charge >= 0.3 is 0 Å². The summed E-state index contributed by atoms with van der Waals surface area (Å²) in [6, 6.07) is 3.74. The van der Waals surface area contributed by atoms with E-state index in [0.717, 1.165) is 19.3 Å². The van der Waals surface area contributed by atoms with Crippen LogP contribution in [0.2, 0.25) is 0 Å². The van der Waals surface area contributed by atoms with Gasteiger partial charge in [0.05, 0.1) is 18.7 Å². The first-order valence-electron chi connectivity index (χ1n) is 7.27. The molecule has 4 nitrogen and oxygen atoms in total. The van der Waals surface area contributed by atoms with Gasteiger partial charge in [-0.05, 0) is 36.8 Å². The first kappa shape index (κ1) is 15.9. The van der Waals surface area contributed by atoms with E-state index in [-0.39, 0.29) is 41.1 Å². The van der Waals surface area contributed by atoms with Crippen molar-refractivity contribution in [3.63, 3.8) is 0 Å². The molecule has 4 rings (SSSR count). The Morgan fingerprint density at radius 1 is 1.23 bits per heavy atom. The molecule has 1 aromatic carbocycles. The highest BCUT2D eigenvalue weighted by molar-refractivity contribution is 14.0. The van der Waals surface area contributed by atoms with E-state index in [2.05, 4.69) is 15.6 Å². The first-order valence-corrected chi connectivity index (χ1v) is 7.27. The number of aliphatic imine (C=N–C) groups is 1. The highest BCUT2D eigenvalue weighted by atomic mass is 127. The average molecular weight is 421 g/mol. The monoisotopic (exact) mass is 421 g/mol. The number of aliphatic hydroxyl groups excluding tert-OH is 1. The zero-order valence-electron chi connectivity index (χ0n) is 11.9. The van der Waals surface area contributed by atoms with Gasteiger partial charge in [0.15, 0.2) is 5.96 Å². The fourth-order valence-corrected chi connectivity index (χ4v) is 3.58. The number of nitrogens with zero attached hydrogens (tertiary/aromatic N) is 1. The van der Waals surface area contributed by atoms with Crippen LogP contribution in [0.5, 0.6) is 0 Å². The van der Waals surface area contributed by atoms with Gasteiger partial charge in [0.25, 0.3) is 0 Å². The Balaban J connectivity index is 0.00000144. The number of hydrogen-bond donors (Lipinski definition) is 3. The normalized spacial score (nSPS) is 35.2. The molecule has 1 aromatic rings. The zero-order chi connectivity index (χ0) is 14.6. The molecule has 2 atom stereocenters. The van der Waals surface area contributed by atoms with E-state index in [1.54, 1.807) is 0 Å². The molecular weight excluding hydrogens is 403 g/mol. The van der Waals surface area contributed by atoms with Crippen LogP contribution in [0.15, 0.2) is 23.2 Å². The van der Waals surface area contributed by atoms with Crippen molar-refractivity contribution in [3.05, 3.63) is 35.4 Å². The summed E-state index contributed by atoms with van der Waals surface area (Å²) in [5, 5.41) is 15.7. The second-order valence-corrected chi connectivity index (χ2v) is 6.35. The second-order valence-electron chi connectivity index (χ2n) is 6.35. The summed E-state index contributed by atoms with van der Waals surface area (Å²) in [7, 11) is 0. The number of rotatable bonds is 2. The van der Waals surface area contributed by atoms with Gasteiger partial charge in [-0.15, -0.1) is 24.0 Å². The summed E-state index contributed by atoms with van der Waals surface area (Å²) in [5.74, 6) is -0.492. The third-order valence-corrected chi connectivity index (χ3v) is 4.88. The SMILES string of the molecule is I.OC1CC2(C1)CC2NC1=NCC(c2c(F)cccc2F)N1. The van der Waals surface area contributed by atoms with Crippen LogP contribution in [0.1, 0.15) is 30.9 Å². The Hall–Kier alpha value is -0.960. The van der Waals surface area contributed by atoms with Crippen molar-refractivity contribution in [2.24, 2.45) is 10.4 Å². The van der Waals surface area contributed by atoms with Gasteiger partial charge in [0.1, 0.15) is 11.6 Å². The van der Waals surface area contributed by atoms with Crippen LogP contribution < -0.4 is 10.6 Å². The van der Waals surface area contributed by atoms with E-state index >= 15 is 0 Å². The minimum absolute atomic E-state index is 0. The largest absolute Gasteiger partial charge is 0.393 e. The van der Waals surface area contributed by atoms with Crippen molar-refractivity contribution in [2.75, 3.05) is 6.54 Å². The number of halogens is 3. The van der Waals surface area contributed by atoms with Crippen molar-refractivity contribution >= 4 is 29.9 Å². The smallest absolute Gasteiger partial charge is 0.192 e. The van der Waals surface area contributed by atoms with Gasteiger partial charge in [-0.2, -0.15) is 0 Å². The molecule has 120 valence electrons. The van der Waals surface area contributed by atoms with Gasteiger partial charge in [0, 0.05) is 11.6 Å². The van der Waals surface area contributed by atoms with Gasteiger partial charge in [-0.25, -0.2) is 8.78 Å². The van der Waals surface area contributed by atoms with E-state index < -0.39 is 17.7 Å². The first-order chi connectivity index (χ1) is 10.1. The van der Waals surface area contributed by atoms with Gasteiger partial charge in [0.2, 0.25) is 0 Å². The summed E-state index contributed by atoms with van der Waals surface area (Å²) in [5.41, 5.74) is 0.271. The summed E-state index contributed by atoms with van der Waals surface area (Å²) in [6.45, 7) is 0.322. The lowest BCUT2D eigenvalue weighted by Gasteiger charge is -2.33. The summed E-state index contributed by atoms with van der Waals surface area (Å²) >= 11 is 0. The lowest BCUT2D eigenvalue weighted by Crippen LogP contribution is -2.42. The summed E-state index contributed by atoms with van der Waals surface area (Å²) in [6.07, 6.45) is 2.53. The maximum atomic E-state index is 13.8. The van der Waals surface area contributed by atoms with Crippen LogP contribution in [-0.2, 0) is 0 Å². The minimum atomic E-state index is -0.547. The Labute approximate surface area is 144 Å². The molecule has 2 fully saturated rings. The van der Waals surface area contributed by atoms with Crippen molar-refractivity contribution in [1.29, 1.82) is 0 Å². The molecule has 2 saturated carbocycles. The van der Waals surface area contributed by atoms with E-state index in [1.807, 2.05) is 0 Å². The molecule has 0 saturated heterocycles. The molecule has 1 aliphatic heterocycles. The highest BCUT2D eigenvalue weighted by Crippen LogP contribution is 2.60. The van der Waals surface area contributed by atoms with Crippen LogP contribution in [0.3, 0.4) is 0 Å². The molecule has 3 N–H and O–H groups in total. The van der Waals surface area contributed by atoms with Crippen molar-refractivity contribution < 1.29 is 13.9 Å². The third kappa shape index (κ3) is 2.58. The zero-order valence-corrected chi connectivity index (χ0v) is 14.2. The average Bonchev–Trinajstić information content (AvgIpc) is 2.89. The van der Waals surface area contributed by atoms with Crippen LogP contribution in [0, 0.1) is 17.0 Å². The fraction of sp³-hybridized carbons (Fsp3) is 0.533. The molecule has 2 aliphatic carbocycles. The van der Waals surface area contributed by atoms with Crippen LogP contribution in [0.25, 0.3) is 0 Å². The number of hydrogen-bond acceptors (Lipinski definition) is 4. The van der Waals surface area contributed by atoms with E-state index in [0.29, 0.717) is 18.5 Å². The quantitative estimate of drug-likeness (QED) is 0.642. The van der Waals surface area contributed by atoms with Crippen LogP contribution in [0.4, 0.5) is 8.78 Å². The van der Waals surface area contributed by atoms with E-state index in [4.69, 9.17) is 0 Å². The molecule has 0 bridgehead atoms. The van der Waals surface area contributed by atoms with E-state index in [9.17, 15) is 13.9 Å². The van der Waals surface area contributed by atoms with Crippen molar-refractivity contribution in [3.8, 4) is 0 Å². The molecule has 1 spiro atoms. The number of aliphatic hydroxyl groups is 1. The molecular formula is C15H18F2IN3O. The predicted molar refractivity (Wildman–Crippen MR) is 89.2 cm³/mol. The lowest BCUT2D eigenvalue weighted by molar-refractivity contribution is 0.0249. The maximum absolute atomic E-state index is 13.8. The second kappa shape index (κ2) is 5.59. The van der Waals surface area contributed by atoms with Crippen molar-refractivity contribution in [1.82, 2.24) is 10.6 Å². The molecule has 0 amide bonds. The van der Waals surface area contributed by atoms with Crippen LogP contribution >= 0.6 is 24.0 Å². The lowest BCUT2D eigenvalue weighted by atomic mass is 9.78. The molecule has 0 aromatic heterocycles. The van der Waals surface area contributed by atoms with Crippen molar-refractivity contribution in [2.45, 2.75) is 37.5 Å². The number of guanidine groups is 1. The molecule has 7 heteroatoms. The Morgan fingerprint density at radius 2 is 1.91 bits per heavy atom. The van der Waals surface area contributed by atoms with Gasteiger partial charge in [-0.1, -0.05) is 6.07 Å². The molecule has 2 unspecified atom stereocenters. The molecule has 1 heterocycles. The minimum Gasteiger partial charge on any atom is -0.393 e. The third-order valence-electron chi connectivity index (χ3n) is 4.88. The Kier molecular flexibility index (Phi) is 4.05. The maximum Gasteiger partial charge on any atom is 0.192 e. The topological polar surface area (TPSA) is 56.6 Å². The van der Waals surface area contributed by atoms with Crippen LogP contribution in [-0.4, -0.2) is 29.8 Å². The predicted octanol–water partition coefficient (Wildman–Crippen LogP) is 2.09. The molecule has 3 aliphatic rings. The van der Waals surface area contributed by atoms with Gasteiger partial charge < -0.3 is 15.7 Å². The summed E-state index contributed by atoms with van der Waals surface area (Å²) < 4.78 is 27.5. The highest BCUT2D eigenvalue weighted by Gasteiger charge is 2.61. The Bertz CT molecular complexity index is 599. The number of benzene rings is 1. The number of nitrogens with one attached hydrogen (secondary N) is 2. The fourth-order valence-electron chi connectivity index (χ4n) is 3.58. The van der Waals surface area contributed by atoms with E-state index in [1.165, 1.54) is 18.2 Å². The molecule has 0 radical (unpaired) electrons. The standard InChI is InChI=1S/C15H17F2N3O.HI/c16-9-2-1-3-10(17)13(9)11-7-18-14(19-11)20-12-6-15(12)4-8(21)5-15;/h1-3,8,11-12,21H,4-7H2,(H2,18,19,20);1H.